The Labute approximate surface area is 140 Å². The van der Waals surface area contributed by atoms with Crippen LogP contribution in [0.2, 0.25) is 0 Å². The number of halogens is 3. The second-order valence-corrected chi connectivity index (χ2v) is 4.91. The molecule has 0 unspecified atom stereocenters. The molecule has 0 bridgehead atoms. The minimum absolute atomic E-state index is 0.0326. The van der Waals surface area contributed by atoms with Crippen molar-refractivity contribution in [2.75, 3.05) is 5.32 Å². The highest BCUT2D eigenvalue weighted by Crippen LogP contribution is 2.19. The number of rotatable bonds is 4. The SMILES string of the molecule is C/C(=N\NC(=O)c1ccncc1)c1cccc(NC(=O)C(F)(F)F)c1. The fraction of sp³-hybridized carbons (Fsp3) is 0.125. The van der Waals surface area contributed by atoms with E-state index in [1.807, 2.05) is 0 Å². The van der Waals surface area contributed by atoms with Crippen LogP contribution in [-0.2, 0) is 4.79 Å². The molecular formula is C16H13F3N4O2. The predicted molar refractivity (Wildman–Crippen MR) is 85.0 cm³/mol. The standard InChI is InChI=1S/C16H13F3N4O2/c1-10(22-23-14(24)11-5-7-20-8-6-11)12-3-2-4-13(9-12)21-15(25)16(17,18)19/h2-9H,1H3,(H,21,25)(H,23,24)/b22-10+. The van der Waals surface area contributed by atoms with E-state index in [4.69, 9.17) is 0 Å². The topological polar surface area (TPSA) is 83.4 Å². The fourth-order valence-electron chi connectivity index (χ4n) is 1.79. The summed E-state index contributed by atoms with van der Waals surface area (Å²) in [6.45, 7) is 1.57. The monoisotopic (exact) mass is 350 g/mol. The van der Waals surface area contributed by atoms with Crippen LogP contribution in [0.3, 0.4) is 0 Å². The van der Waals surface area contributed by atoms with Crippen molar-refractivity contribution in [2.45, 2.75) is 13.1 Å². The normalized spacial score (nSPS) is 11.8. The zero-order valence-electron chi connectivity index (χ0n) is 13.0. The van der Waals surface area contributed by atoms with Crippen molar-refractivity contribution in [3.8, 4) is 0 Å². The molecule has 0 saturated heterocycles. The first-order valence-electron chi connectivity index (χ1n) is 7.00. The van der Waals surface area contributed by atoms with E-state index in [1.165, 1.54) is 42.7 Å². The highest BCUT2D eigenvalue weighted by molar-refractivity contribution is 6.02. The van der Waals surface area contributed by atoms with Crippen LogP contribution >= 0.6 is 0 Å². The molecular weight excluding hydrogens is 337 g/mol. The van der Waals surface area contributed by atoms with Crippen LogP contribution in [0.25, 0.3) is 0 Å². The minimum Gasteiger partial charge on any atom is -0.318 e. The molecule has 0 spiro atoms. The van der Waals surface area contributed by atoms with Gasteiger partial charge in [-0.15, -0.1) is 0 Å². The Kier molecular flexibility index (Phi) is 5.48. The van der Waals surface area contributed by atoms with Crippen molar-refractivity contribution >= 4 is 23.2 Å². The summed E-state index contributed by atoms with van der Waals surface area (Å²) < 4.78 is 36.8. The average Bonchev–Trinajstić information content (AvgIpc) is 2.59. The highest BCUT2D eigenvalue weighted by atomic mass is 19.4. The number of anilines is 1. The number of hydrogen-bond donors (Lipinski definition) is 2. The smallest absolute Gasteiger partial charge is 0.318 e. The molecule has 25 heavy (non-hydrogen) atoms. The molecule has 0 radical (unpaired) electrons. The Balaban J connectivity index is 2.09. The minimum atomic E-state index is -4.97. The maximum Gasteiger partial charge on any atom is 0.471 e. The van der Waals surface area contributed by atoms with Gasteiger partial charge in [0.15, 0.2) is 0 Å². The van der Waals surface area contributed by atoms with Gasteiger partial charge < -0.3 is 5.32 Å². The third-order valence-corrected chi connectivity index (χ3v) is 3.06. The number of pyridine rings is 1. The van der Waals surface area contributed by atoms with Crippen molar-refractivity contribution in [3.05, 3.63) is 59.9 Å². The molecule has 0 atom stereocenters. The Morgan fingerprint density at radius 3 is 2.40 bits per heavy atom. The lowest BCUT2D eigenvalue weighted by Crippen LogP contribution is -2.29. The summed E-state index contributed by atoms with van der Waals surface area (Å²) in [7, 11) is 0. The van der Waals surface area contributed by atoms with Gasteiger partial charge in [-0.3, -0.25) is 14.6 Å². The summed E-state index contributed by atoms with van der Waals surface area (Å²) in [6.07, 6.45) is -2.06. The first-order valence-corrected chi connectivity index (χ1v) is 7.00. The van der Waals surface area contributed by atoms with Crippen LogP contribution in [0.15, 0.2) is 53.9 Å². The van der Waals surface area contributed by atoms with E-state index in [1.54, 1.807) is 18.3 Å². The summed E-state index contributed by atoms with van der Waals surface area (Å²) in [5, 5.41) is 5.66. The zero-order chi connectivity index (χ0) is 18.4. The van der Waals surface area contributed by atoms with Gasteiger partial charge in [0, 0.05) is 23.6 Å². The van der Waals surface area contributed by atoms with Gasteiger partial charge >= 0.3 is 12.1 Å². The van der Waals surface area contributed by atoms with Crippen LogP contribution < -0.4 is 10.7 Å². The van der Waals surface area contributed by atoms with Crippen LogP contribution in [0.4, 0.5) is 18.9 Å². The number of hydrogen-bond acceptors (Lipinski definition) is 4. The number of carbonyl (C=O) groups is 2. The van der Waals surface area contributed by atoms with E-state index < -0.39 is 18.0 Å². The number of nitrogens with zero attached hydrogens (tertiary/aromatic N) is 2. The van der Waals surface area contributed by atoms with Crippen LogP contribution in [0, 0.1) is 0 Å². The number of alkyl halides is 3. The molecule has 2 amide bonds. The van der Waals surface area contributed by atoms with Gasteiger partial charge in [0.1, 0.15) is 0 Å². The molecule has 9 heteroatoms. The number of carbonyl (C=O) groups excluding carboxylic acids is 2. The van der Waals surface area contributed by atoms with Gasteiger partial charge in [0.2, 0.25) is 0 Å². The van der Waals surface area contributed by atoms with Crippen molar-refractivity contribution in [1.82, 2.24) is 10.4 Å². The Morgan fingerprint density at radius 1 is 1.08 bits per heavy atom. The second kappa shape index (κ2) is 7.56. The largest absolute Gasteiger partial charge is 0.471 e. The van der Waals surface area contributed by atoms with Crippen molar-refractivity contribution < 1.29 is 22.8 Å². The number of nitrogens with one attached hydrogen (secondary N) is 2. The van der Waals surface area contributed by atoms with Crippen LogP contribution in [-0.4, -0.2) is 28.7 Å². The number of aromatic nitrogens is 1. The average molecular weight is 350 g/mol. The molecule has 0 aliphatic heterocycles. The summed E-state index contributed by atoms with van der Waals surface area (Å²) in [5.74, 6) is -2.52. The summed E-state index contributed by atoms with van der Waals surface area (Å²) >= 11 is 0. The molecule has 0 aliphatic rings. The molecule has 1 aromatic carbocycles. The Hall–Kier alpha value is -3.23. The molecule has 1 heterocycles. The van der Waals surface area contributed by atoms with E-state index in [-0.39, 0.29) is 5.69 Å². The lowest BCUT2D eigenvalue weighted by atomic mass is 10.1. The molecule has 6 nitrogen and oxygen atoms in total. The molecule has 0 saturated carbocycles. The van der Waals surface area contributed by atoms with Crippen LogP contribution in [0.5, 0.6) is 0 Å². The van der Waals surface area contributed by atoms with E-state index in [0.717, 1.165) is 0 Å². The third-order valence-electron chi connectivity index (χ3n) is 3.06. The quantitative estimate of drug-likeness (QED) is 0.657. The van der Waals surface area contributed by atoms with Gasteiger partial charge in [-0.2, -0.15) is 18.3 Å². The number of hydrazone groups is 1. The van der Waals surface area contributed by atoms with Gasteiger partial charge in [-0.1, -0.05) is 12.1 Å². The van der Waals surface area contributed by atoms with Gasteiger partial charge in [0.25, 0.3) is 5.91 Å². The Bertz CT molecular complexity index is 805. The maximum atomic E-state index is 12.3. The third kappa shape index (κ3) is 5.13. The van der Waals surface area contributed by atoms with Gasteiger partial charge in [-0.25, -0.2) is 5.43 Å². The fourth-order valence-corrected chi connectivity index (χ4v) is 1.79. The summed E-state index contributed by atoms with van der Waals surface area (Å²) in [4.78, 5) is 26.6. The Morgan fingerprint density at radius 2 is 1.76 bits per heavy atom. The molecule has 1 aromatic heterocycles. The van der Waals surface area contributed by atoms with Gasteiger partial charge in [0.05, 0.1) is 5.71 Å². The van der Waals surface area contributed by atoms with E-state index in [0.29, 0.717) is 16.8 Å². The van der Waals surface area contributed by atoms with E-state index >= 15 is 0 Å². The first-order chi connectivity index (χ1) is 11.8. The van der Waals surface area contributed by atoms with Crippen LogP contribution in [0.1, 0.15) is 22.8 Å². The molecule has 130 valence electrons. The molecule has 2 rings (SSSR count). The number of benzene rings is 1. The lowest BCUT2D eigenvalue weighted by molar-refractivity contribution is -0.167. The van der Waals surface area contributed by atoms with Gasteiger partial charge in [-0.05, 0) is 36.8 Å². The summed E-state index contributed by atoms with van der Waals surface area (Å²) in [6, 6.07) is 8.70. The highest BCUT2D eigenvalue weighted by Gasteiger charge is 2.38. The van der Waals surface area contributed by atoms with Crippen molar-refractivity contribution in [3.63, 3.8) is 0 Å². The molecule has 2 aromatic rings. The van der Waals surface area contributed by atoms with Crippen molar-refractivity contribution in [2.24, 2.45) is 5.10 Å². The molecule has 0 fully saturated rings. The zero-order valence-corrected chi connectivity index (χ0v) is 13.0. The molecule has 0 aliphatic carbocycles. The predicted octanol–water partition coefficient (Wildman–Crippen LogP) is 2.74. The van der Waals surface area contributed by atoms with Crippen molar-refractivity contribution in [1.29, 1.82) is 0 Å². The maximum absolute atomic E-state index is 12.3. The first kappa shape index (κ1) is 18.1. The second-order valence-electron chi connectivity index (χ2n) is 4.91. The lowest BCUT2D eigenvalue weighted by Gasteiger charge is -2.09. The van der Waals surface area contributed by atoms with E-state index in [9.17, 15) is 22.8 Å². The molecule has 2 N–H and O–H groups in total. The number of amides is 2. The van der Waals surface area contributed by atoms with E-state index in [2.05, 4.69) is 15.5 Å². The summed E-state index contributed by atoms with van der Waals surface area (Å²) in [5.41, 5.74) is 3.45.